The average Bonchev–Trinajstić information content (AvgIpc) is 3.13. The zero-order valence-corrected chi connectivity index (χ0v) is 20.9. The Labute approximate surface area is 212 Å². The van der Waals surface area contributed by atoms with Gasteiger partial charge in [0.1, 0.15) is 31.3 Å². The number of benzene rings is 3. The molecule has 36 heavy (non-hydrogen) atoms. The number of fused-ring (bicyclic) bond motifs is 5. The van der Waals surface area contributed by atoms with Gasteiger partial charge >= 0.3 is 0 Å². The van der Waals surface area contributed by atoms with Gasteiger partial charge in [0.25, 0.3) is 0 Å². The molecule has 0 unspecified atom stereocenters. The summed E-state index contributed by atoms with van der Waals surface area (Å²) in [7, 11) is 1.55. The summed E-state index contributed by atoms with van der Waals surface area (Å²) < 4.78 is 14.9. The van der Waals surface area contributed by atoms with Gasteiger partial charge in [-0.05, 0) is 53.6 Å². The van der Waals surface area contributed by atoms with Crippen LogP contribution in [-0.4, -0.2) is 18.3 Å². The zero-order chi connectivity index (χ0) is 24.3. The summed E-state index contributed by atoms with van der Waals surface area (Å²) in [6.45, 7) is 2.40. The summed E-state index contributed by atoms with van der Waals surface area (Å²) in [5.74, 6) is 2.31. The van der Waals surface area contributed by atoms with Gasteiger partial charge in [-0.1, -0.05) is 61.7 Å². The van der Waals surface area contributed by atoms with Gasteiger partial charge in [-0.2, -0.15) is 0 Å². The number of rotatable bonds is 7. The molecule has 0 N–H and O–H groups in total. The monoisotopic (exact) mass is 483 g/mol. The third kappa shape index (κ3) is 4.49. The van der Waals surface area contributed by atoms with Crippen LogP contribution in [0.2, 0.25) is 0 Å². The summed E-state index contributed by atoms with van der Waals surface area (Å²) in [4.78, 5) is 10.1. The quantitative estimate of drug-likeness (QED) is 0.203. The Morgan fingerprint density at radius 2 is 1.75 bits per heavy atom. The highest BCUT2D eigenvalue weighted by Gasteiger charge is 2.29. The molecule has 1 aromatic heterocycles. The minimum absolute atomic E-state index is 0.431. The Morgan fingerprint density at radius 1 is 0.889 bits per heavy atom. The fourth-order valence-electron chi connectivity index (χ4n) is 5.86. The third-order valence-electron chi connectivity index (χ3n) is 7.55. The van der Waals surface area contributed by atoms with Crippen LogP contribution in [0, 0.1) is 0 Å². The van der Waals surface area contributed by atoms with Crippen molar-refractivity contribution < 1.29 is 19.2 Å². The van der Waals surface area contributed by atoms with Crippen LogP contribution in [0.3, 0.4) is 0 Å². The van der Waals surface area contributed by atoms with Crippen molar-refractivity contribution in [2.24, 2.45) is 0 Å². The summed E-state index contributed by atoms with van der Waals surface area (Å²) in [6.07, 6.45) is 6.42. The molecule has 1 aliphatic heterocycles. The number of hydrogen-bond acceptors (Lipinski definition) is 4. The van der Waals surface area contributed by atoms with E-state index in [0.717, 1.165) is 34.7 Å². The Bertz CT molecular complexity index is 1340. The summed E-state index contributed by atoms with van der Waals surface area (Å²) in [5.41, 5.74) is 7.46. The van der Waals surface area contributed by atoms with Crippen LogP contribution in [0.15, 0.2) is 66.7 Å². The third-order valence-corrected chi connectivity index (χ3v) is 7.55. The second kappa shape index (κ2) is 10.4. The van der Waals surface area contributed by atoms with Crippen molar-refractivity contribution in [2.75, 3.05) is 13.7 Å². The van der Waals surface area contributed by atoms with E-state index < -0.39 is 0 Å². The Kier molecular flexibility index (Phi) is 6.67. The van der Waals surface area contributed by atoms with Crippen molar-refractivity contribution in [3.8, 4) is 22.8 Å². The number of nitrogens with zero attached hydrogens (tertiary/aromatic N) is 1. The highest BCUT2D eigenvalue weighted by atomic mass is 17.2. The molecule has 0 radical (unpaired) electrons. The molecule has 1 aliphatic carbocycles. The van der Waals surface area contributed by atoms with Gasteiger partial charge in [-0.25, -0.2) is 9.78 Å². The van der Waals surface area contributed by atoms with Gasteiger partial charge in [0, 0.05) is 22.5 Å². The molecule has 186 valence electrons. The van der Waals surface area contributed by atoms with Crippen molar-refractivity contribution in [1.82, 2.24) is 4.57 Å². The van der Waals surface area contributed by atoms with Crippen LogP contribution in [0.5, 0.6) is 11.5 Å². The van der Waals surface area contributed by atoms with Gasteiger partial charge in [-0.3, -0.25) is 0 Å². The van der Waals surface area contributed by atoms with E-state index in [1.165, 1.54) is 54.3 Å². The SMILES string of the molecule is COOCc1ccc2c(C3CCCCC3)c3n(c2c1)CCOc1cc(OCc2ccccc2)ccc1-3. The summed E-state index contributed by atoms with van der Waals surface area (Å²) in [6, 6.07) is 23.3. The molecule has 3 aromatic carbocycles. The Balaban J connectivity index is 1.43. The molecule has 0 bridgehead atoms. The second-order valence-electron chi connectivity index (χ2n) is 9.81. The first-order valence-corrected chi connectivity index (χ1v) is 13.1. The van der Waals surface area contributed by atoms with E-state index in [9.17, 15) is 0 Å². The first-order chi connectivity index (χ1) is 17.8. The maximum absolute atomic E-state index is 6.32. The van der Waals surface area contributed by atoms with Crippen molar-refractivity contribution in [1.29, 1.82) is 0 Å². The molecule has 5 heteroatoms. The topological polar surface area (TPSA) is 41.9 Å². The number of hydrogen-bond donors (Lipinski definition) is 0. The first-order valence-electron chi connectivity index (χ1n) is 13.1. The molecule has 0 amide bonds. The van der Waals surface area contributed by atoms with Gasteiger partial charge in [0.15, 0.2) is 0 Å². The van der Waals surface area contributed by atoms with Gasteiger partial charge in [0.2, 0.25) is 0 Å². The predicted octanol–water partition coefficient (Wildman–Crippen LogP) is 7.41. The second-order valence-corrected chi connectivity index (χ2v) is 9.81. The highest BCUT2D eigenvalue weighted by molar-refractivity contribution is 5.94. The first kappa shape index (κ1) is 23.1. The normalized spacial score (nSPS) is 15.7. The Morgan fingerprint density at radius 3 is 2.58 bits per heavy atom. The molecule has 5 nitrogen and oxygen atoms in total. The van der Waals surface area contributed by atoms with Crippen molar-refractivity contribution >= 4 is 10.9 Å². The molecule has 2 heterocycles. The molecule has 6 rings (SSSR count). The fourth-order valence-corrected chi connectivity index (χ4v) is 5.86. The average molecular weight is 484 g/mol. The zero-order valence-electron chi connectivity index (χ0n) is 20.9. The van der Waals surface area contributed by atoms with Crippen LogP contribution >= 0.6 is 0 Å². The smallest absolute Gasteiger partial charge is 0.132 e. The van der Waals surface area contributed by atoms with Crippen molar-refractivity contribution in [3.05, 3.63) is 83.4 Å². The molecule has 0 saturated heterocycles. The maximum Gasteiger partial charge on any atom is 0.132 e. The Hall–Kier alpha value is -3.28. The minimum atomic E-state index is 0.431. The van der Waals surface area contributed by atoms with Crippen LogP contribution in [0.25, 0.3) is 22.2 Å². The molecule has 1 saturated carbocycles. The van der Waals surface area contributed by atoms with E-state index in [-0.39, 0.29) is 0 Å². The van der Waals surface area contributed by atoms with Crippen LogP contribution in [0.1, 0.15) is 54.7 Å². The van der Waals surface area contributed by atoms with Crippen LogP contribution in [0.4, 0.5) is 0 Å². The molecule has 0 spiro atoms. The lowest BCUT2D eigenvalue weighted by molar-refractivity contribution is -0.282. The van der Waals surface area contributed by atoms with E-state index in [2.05, 4.69) is 53.1 Å². The lowest BCUT2D eigenvalue weighted by Crippen LogP contribution is -2.07. The van der Waals surface area contributed by atoms with Gasteiger partial charge in [-0.15, -0.1) is 0 Å². The van der Waals surface area contributed by atoms with Gasteiger partial charge < -0.3 is 14.0 Å². The molecular weight excluding hydrogens is 450 g/mol. The van der Waals surface area contributed by atoms with E-state index in [1.807, 2.05) is 18.2 Å². The van der Waals surface area contributed by atoms with E-state index in [0.29, 0.717) is 25.7 Å². The molecule has 1 fully saturated rings. The number of ether oxygens (including phenoxy) is 2. The fraction of sp³-hybridized carbons (Fsp3) is 0.355. The van der Waals surface area contributed by atoms with Crippen LogP contribution < -0.4 is 9.47 Å². The largest absolute Gasteiger partial charge is 0.491 e. The van der Waals surface area contributed by atoms with Gasteiger partial charge in [0.05, 0.1) is 19.3 Å². The standard InChI is InChI=1S/C31H33NO4/c1-33-36-21-23-12-14-26-28(18-23)32-16-17-34-29-19-25(35-20-22-8-4-2-5-9-22)13-15-27(29)31(32)30(26)24-10-6-3-7-11-24/h2,4-5,8-9,12-15,18-19,24H,3,6-7,10-11,16-17,20-21H2,1H3. The molecule has 0 atom stereocenters. The van der Waals surface area contributed by atoms with Crippen molar-refractivity contribution in [3.63, 3.8) is 0 Å². The lowest BCUT2D eigenvalue weighted by Gasteiger charge is -2.23. The molecule has 4 aromatic rings. The van der Waals surface area contributed by atoms with E-state index >= 15 is 0 Å². The van der Waals surface area contributed by atoms with E-state index in [1.54, 1.807) is 7.11 Å². The highest BCUT2D eigenvalue weighted by Crippen LogP contribution is 2.47. The summed E-state index contributed by atoms with van der Waals surface area (Å²) in [5, 5.41) is 1.36. The molecular formula is C31H33NO4. The van der Waals surface area contributed by atoms with Crippen molar-refractivity contribution in [2.45, 2.75) is 57.8 Å². The minimum Gasteiger partial charge on any atom is -0.491 e. The lowest BCUT2D eigenvalue weighted by atomic mass is 9.81. The maximum atomic E-state index is 6.32. The molecule has 2 aliphatic rings. The van der Waals surface area contributed by atoms with Crippen LogP contribution in [-0.2, 0) is 29.5 Å². The summed E-state index contributed by atoms with van der Waals surface area (Å²) >= 11 is 0. The number of aromatic nitrogens is 1. The van der Waals surface area contributed by atoms with E-state index in [4.69, 9.17) is 19.2 Å². The predicted molar refractivity (Wildman–Crippen MR) is 141 cm³/mol.